The van der Waals surface area contributed by atoms with Gasteiger partial charge in [-0.2, -0.15) is 12.6 Å². The van der Waals surface area contributed by atoms with Gasteiger partial charge < -0.3 is 8.85 Å². The van der Waals surface area contributed by atoms with E-state index in [4.69, 9.17) is 8.85 Å². The lowest BCUT2D eigenvalue weighted by Crippen LogP contribution is -2.37. The van der Waals surface area contributed by atoms with E-state index in [1.807, 2.05) is 6.07 Å². The average molecular weight is 284 g/mol. The molecule has 0 fully saturated rings. The third kappa shape index (κ3) is 6.04. The molecule has 102 valence electrons. The lowest BCUT2D eigenvalue weighted by molar-refractivity contribution is 0.202. The predicted molar refractivity (Wildman–Crippen MR) is 82.6 cm³/mol. The van der Waals surface area contributed by atoms with Crippen LogP contribution in [0.2, 0.25) is 12.6 Å². The highest BCUT2D eigenvalue weighted by molar-refractivity contribution is 7.80. The Morgan fingerprint density at radius 2 is 1.89 bits per heavy atom. The van der Waals surface area contributed by atoms with Crippen LogP contribution in [0.5, 0.6) is 0 Å². The molecule has 0 N–H and O–H groups in total. The van der Waals surface area contributed by atoms with E-state index in [0.717, 1.165) is 37.7 Å². The number of hydrogen-bond donors (Lipinski definition) is 1. The molecule has 0 aliphatic heterocycles. The van der Waals surface area contributed by atoms with E-state index in [1.165, 1.54) is 5.56 Å². The highest BCUT2D eigenvalue weighted by atomic mass is 32.1. The normalized spacial score (nSPS) is 14.4. The van der Waals surface area contributed by atoms with Crippen molar-refractivity contribution in [2.24, 2.45) is 0 Å². The molecule has 0 aromatic heterocycles. The van der Waals surface area contributed by atoms with E-state index in [1.54, 1.807) is 7.11 Å². The molecule has 4 heteroatoms. The van der Waals surface area contributed by atoms with Crippen molar-refractivity contribution in [3.63, 3.8) is 0 Å². The molecule has 0 aliphatic carbocycles. The summed E-state index contributed by atoms with van der Waals surface area (Å²) in [7, 11) is -0.166. The highest BCUT2D eigenvalue weighted by Crippen LogP contribution is 2.16. The molecule has 0 radical (unpaired) electrons. The van der Waals surface area contributed by atoms with Crippen molar-refractivity contribution in [1.29, 1.82) is 0 Å². The maximum absolute atomic E-state index is 5.99. The number of thiol groups is 1. The standard InChI is InChI=1S/C14H24O2SSi/c1-15-18(2,13-7-12-17)16-11-6-10-14-8-4-3-5-9-14/h3-5,8-9,17H,6-7,10-13H2,1-2H3. The van der Waals surface area contributed by atoms with Crippen molar-refractivity contribution in [1.82, 2.24) is 0 Å². The van der Waals surface area contributed by atoms with Crippen molar-refractivity contribution in [3.8, 4) is 0 Å². The van der Waals surface area contributed by atoms with Crippen molar-refractivity contribution < 1.29 is 8.85 Å². The summed E-state index contributed by atoms with van der Waals surface area (Å²) in [6.45, 7) is 2.93. The topological polar surface area (TPSA) is 18.5 Å². The first-order valence-electron chi connectivity index (χ1n) is 6.54. The Morgan fingerprint density at radius 3 is 2.50 bits per heavy atom. The molecule has 0 saturated carbocycles. The molecule has 18 heavy (non-hydrogen) atoms. The van der Waals surface area contributed by atoms with Crippen molar-refractivity contribution in [3.05, 3.63) is 35.9 Å². The molecule has 0 aliphatic rings. The fourth-order valence-corrected chi connectivity index (χ4v) is 4.16. The Hall–Kier alpha value is -0.293. The van der Waals surface area contributed by atoms with Crippen molar-refractivity contribution >= 4 is 21.2 Å². The maximum atomic E-state index is 5.99. The Kier molecular flexibility index (Phi) is 7.66. The third-order valence-electron chi connectivity index (χ3n) is 3.08. The van der Waals surface area contributed by atoms with Crippen LogP contribution < -0.4 is 0 Å². The summed E-state index contributed by atoms with van der Waals surface area (Å²) in [6.07, 6.45) is 3.19. The summed E-state index contributed by atoms with van der Waals surface area (Å²) in [6, 6.07) is 11.6. The first-order valence-corrected chi connectivity index (χ1v) is 9.70. The highest BCUT2D eigenvalue weighted by Gasteiger charge is 2.28. The molecule has 1 aromatic rings. The van der Waals surface area contributed by atoms with Gasteiger partial charge in [0, 0.05) is 13.7 Å². The van der Waals surface area contributed by atoms with E-state index in [2.05, 4.69) is 43.4 Å². The zero-order valence-electron chi connectivity index (χ0n) is 11.4. The van der Waals surface area contributed by atoms with Crippen molar-refractivity contribution in [2.45, 2.75) is 31.9 Å². The smallest absolute Gasteiger partial charge is 0.334 e. The zero-order chi connectivity index (χ0) is 13.3. The SMILES string of the molecule is CO[Si](C)(CCCS)OCCCc1ccccc1. The van der Waals surface area contributed by atoms with Crippen LogP contribution in [0.25, 0.3) is 0 Å². The van der Waals surface area contributed by atoms with Gasteiger partial charge in [0.15, 0.2) is 0 Å². The summed E-state index contributed by atoms with van der Waals surface area (Å²) in [5.41, 5.74) is 1.37. The molecule has 1 rings (SSSR count). The predicted octanol–water partition coefficient (Wildman–Crippen LogP) is 3.67. The Labute approximate surface area is 117 Å². The van der Waals surface area contributed by atoms with Gasteiger partial charge in [-0.05, 0) is 43.2 Å². The van der Waals surface area contributed by atoms with Crippen LogP contribution in [0, 0.1) is 0 Å². The summed E-state index contributed by atoms with van der Waals surface area (Å²) in [4.78, 5) is 0. The average Bonchev–Trinajstić information content (AvgIpc) is 2.43. The zero-order valence-corrected chi connectivity index (χ0v) is 13.3. The van der Waals surface area contributed by atoms with Gasteiger partial charge >= 0.3 is 8.56 Å². The third-order valence-corrected chi connectivity index (χ3v) is 6.34. The van der Waals surface area contributed by atoms with E-state index < -0.39 is 8.56 Å². The molecule has 0 spiro atoms. The van der Waals surface area contributed by atoms with Gasteiger partial charge in [-0.15, -0.1) is 0 Å². The van der Waals surface area contributed by atoms with Gasteiger partial charge in [-0.1, -0.05) is 30.3 Å². The second kappa shape index (κ2) is 8.75. The molecule has 0 bridgehead atoms. The van der Waals surface area contributed by atoms with Gasteiger partial charge in [0.1, 0.15) is 0 Å². The molecule has 2 nitrogen and oxygen atoms in total. The number of hydrogen-bond acceptors (Lipinski definition) is 3. The number of rotatable bonds is 9. The molecule has 0 heterocycles. The van der Waals surface area contributed by atoms with Gasteiger partial charge in [0.05, 0.1) is 0 Å². The van der Waals surface area contributed by atoms with E-state index in [-0.39, 0.29) is 0 Å². The molecule has 1 unspecified atom stereocenters. The first-order chi connectivity index (χ1) is 8.70. The number of benzene rings is 1. The maximum Gasteiger partial charge on any atom is 0.334 e. The van der Waals surface area contributed by atoms with Gasteiger partial charge in [-0.25, -0.2) is 0 Å². The minimum absolute atomic E-state index is 0.790. The fraction of sp³-hybridized carbons (Fsp3) is 0.571. The summed E-state index contributed by atoms with van der Waals surface area (Å²) < 4.78 is 11.6. The Bertz CT molecular complexity index is 321. The van der Waals surface area contributed by atoms with Crippen LogP contribution in [-0.4, -0.2) is 28.0 Å². The first kappa shape index (κ1) is 15.8. The second-order valence-corrected chi connectivity index (χ2v) is 8.51. The Morgan fingerprint density at radius 1 is 1.17 bits per heavy atom. The van der Waals surface area contributed by atoms with E-state index in [0.29, 0.717) is 0 Å². The van der Waals surface area contributed by atoms with Gasteiger partial charge in [-0.3, -0.25) is 0 Å². The van der Waals surface area contributed by atoms with Crippen LogP contribution >= 0.6 is 12.6 Å². The summed E-state index contributed by atoms with van der Waals surface area (Å²) in [5.74, 6) is 0.902. The van der Waals surface area contributed by atoms with E-state index in [9.17, 15) is 0 Å². The minimum Gasteiger partial charge on any atom is -0.398 e. The monoisotopic (exact) mass is 284 g/mol. The fourth-order valence-electron chi connectivity index (χ4n) is 1.84. The Balaban J connectivity index is 2.23. The van der Waals surface area contributed by atoms with Gasteiger partial charge in [0.2, 0.25) is 0 Å². The van der Waals surface area contributed by atoms with Crippen molar-refractivity contribution in [2.75, 3.05) is 19.5 Å². The molecular formula is C14H24O2SSi. The van der Waals surface area contributed by atoms with Crippen LogP contribution in [0.4, 0.5) is 0 Å². The largest absolute Gasteiger partial charge is 0.398 e. The summed E-state index contributed by atoms with van der Waals surface area (Å²) >= 11 is 4.24. The van der Waals surface area contributed by atoms with Crippen LogP contribution in [-0.2, 0) is 15.3 Å². The lowest BCUT2D eigenvalue weighted by Gasteiger charge is -2.24. The molecule has 0 saturated heterocycles. The van der Waals surface area contributed by atoms with Crippen LogP contribution in [0.3, 0.4) is 0 Å². The molecular weight excluding hydrogens is 260 g/mol. The molecule has 1 atom stereocenters. The van der Waals surface area contributed by atoms with Crippen LogP contribution in [0.1, 0.15) is 18.4 Å². The quantitative estimate of drug-likeness (QED) is 0.424. The minimum atomic E-state index is -1.93. The van der Waals surface area contributed by atoms with Crippen LogP contribution in [0.15, 0.2) is 30.3 Å². The summed E-state index contributed by atoms with van der Waals surface area (Å²) in [5, 5.41) is 0. The molecule has 0 amide bonds. The lowest BCUT2D eigenvalue weighted by atomic mass is 10.1. The van der Waals surface area contributed by atoms with E-state index >= 15 is 0 Å². The second-order valence-electron chi connectivity index (χ2n) is 4.60. The molecule has 1 aromatic carbocycles. The van der Waals surface area contributed by atoms with Gasteiger partial charge in [0.25, 0.3) is 0 Å². The number of aryl methyl sites for hydroxylation is 1.